The van der Waals surface area contributed by atoms with Gasteiger partial charge in [0, 0.05) is 6.61 Å². The van der Waals surface area contributed by atoms with Gasteiger partial charge in [-0.05, 0) is 6.42 Å². The molecule has 5 saturated heterocycles. The largest absolute Gasteiger partial charge is 0.394 e. The Balaban J connectivity index is 1.08. The molecular weight excluding hydrogens is 760 g/mol. The Hall–Kier alpha value is -0.760. The monoisotopic (exact) mass is 828 g/mol. The van der Waals surface area contributed by atoms with E-state index in [9.17, 15) is 51.1 Å². The molecule has 5 aliphatic rings. The molecule has 0 aliphatic carbocycles. The van der Waals surface area contributed by atoms with E-state index in [1.165, 1.54) is 57.8 Å². The second kappa shape index (κ2) is 23.5. The second-order valence-corrected chi connectivity index (χ2v) is 15.9. The lowest BCUT2D eigenvalue weighted by Crippen LogP contribution is -2.65. The fourth-order valence-corrected chi connectivity index (χ4v) is 8.13. The van der Waals surface area contributed by atoms with Gasteiger partial charge in [0.05, 0.1) is 33.0 Å². The minimum atomic E-state index is -1.77. The van der Waals surface area contributed by atoms with Gasteiger partial charge in [-0.15, -0.1) is 0 Å². The van der Waals surface area contributed by atoms with Crippen molar-refractivity contribution in [1.82, 2.24) is 0 Å². The van der Waals surface area contributed by atoms with Crippen LogP contribution >= 0.6 is 0 Å². The van der Waals surface area contributed by atoms with Crippen molar-refractivity contribution >= 4 is 0 Å². The van der Waals surface area contributed by atoms with Crippen LogP contribution in [0.25, 0.3) is 0 Å². The van der Waals surface area contributed by atoms with Crippen molar-refractivity contribution in [3.63, 3.8) is 0 Å². The molecule has 0 radical (unpaired) electrons. The summed E-state index contributed by atoms with van der Waals surface area (Å²) in [5.74, 6) is 0. The number of fused-ring (bicyclic) bond motifs is 2. The summed E-state index contributed by atoms with van der Waals surface area (Å²) in [6.45, 7) is 0.882. The molecule has 0 amide bonds. The first kappa shape index (κ1) is 47.3. The number of rotatable bonds is 24. The zero-order valence-electron chi connectivity index (χ0n) is 32.8. The maximum atomic E-state index is 11.4. The number of hydrogen-bond donors (Lipinski definition) is 10. The van der Waals surface area contributed by atoms with Crippen molar-refractivity contribution in [1.29, 1.82) is 0 Å². The molecule has 334 valence electrons. The fraction of sp³-hybridized carbons (Fsp3) is 1.00. The van der Waals surface area contributed by atoms with Crippen molar-refractivity contribution in [2.75, 3.05) is 39.6 Å². The molecule has 0 unspecified atom stereocenters. The number of aliphatic hydroxyl groups excluding tert-OH is 10. The number of aliphatic hydroxyl groups is 10. The van der Waals surface area contributed by atoms with Crippen molar-refractivity contribution in [3.8, 4) is 0 Å². The van der Waals surface area contributed by atoms with E-state index in [1.807, 2.05) is 0 Å². The van der Waals surface area contributed by atoms with E-state index in [2.05, 4.69) is 6.92 Å². The summed E-state index contributed by atoms with van der Waals surface area (Å²) in [6, 6.07) is 0. The Bertz CT molecular complexity index is 1120. The number of ether oxygens (including phenoxy) is 9. The summed E-state index contributed by atoms with van der Waals surface area (Å²) in [4.78, 5) is 0. The normalized spacial score (nSPS) is 42.8. The van der Waals surface area contributed by atoms with Crippen LogP contribution in [0.3, 0.4) is 0 Å². The molecule has 5 aliphatic heterocycles. The second-order valence-electron chi connectivity index (χ2n) is 15.9. The van der Waals surface area contributed by atoms with E-state index in [0.717, 1.165) is 19.3 Å². The third kappa shape index (κ3) is 12.2. The first-order valence-electron chi connectivity index (χ1n) is 20.9. The van der Waals surface area contributed by atoms with Gasteiger partial charge in [-0.1, -0.05) is 77.6 Å². The SMILES string of the molecule is CCCCCCCCCCCCCCOC[C@H](O)[C@H]1OC[C@@H](O)[C@@H]1O[C@@H]1O[C@H](CO)[C@H](O)[C@H](O[C@@H]2O[C@H]3CO[C@@H]([C@@H]2O)[C@@H]3O[C@@H]2O[C@H](CO)[C@H](O)[C@H](O)[C@H]2O)[C@H]1O. The minimum Gasteiger partial charge on any atom is -0.394 e. The first-order valence-corrected chi connectivity index (χ1v) is 20.9. The molecule has 0 saturated carbocycles. The molecule has 10 N–H and O–H groups in total. The van der Waals surface area contributed by atoms with Gasteiger partial charge >= 0.3 is 0 Å². The smallest absolute Gasteiger partial charge is 0.187 e. The molecule has 5 rings (SSSR count). The van der Waals surface area contributed by atoms with Crippen LogP contribution in [-0.2, 0) is 42.6 Å². The van der Waals surface area contributed by atoms with Crippen LogP contribution in [0.15, 0.2) is 0 Å². The van der Waals surface area contributed by atoms with Crippen molar-refractivity contribution in [2.45, 2.75) is 201 Å². The third-order valence-corrected chi connectivity index (χ3v) is 11.6. The molecule has 5 heterocycles. The van der Waals surface area contributed by atoms with E-state index in [0.29, 0.717) is 6.61 Å². The lowest BCUT2D eigenvalue weighted by molar-refractivity contribution is -0.367. The predicted octanol–water partition coefficient (Wildman–Crippen LogP) is -2.30. The summed E-state index contributed by atoms with van der Waals surface area (Å²) >= 11 is 0. The van der Waals surface area contributed by atoms with Gasteiger partial charge < -0.3 is 93.7 Å². The zero-order valence-corrected chi connectivity index (χ0v) is 32.8. The van der Waals surface area contributed by atoms with E-state index in [-0.39, 0.29) is 19.8 Å². The lowest BCUT2D eigenvalue weighted by Gasteiger charge is -2.46. The van der Waals surface area contributed by atoms with E-state index in [1.54, 1.807) is 0 Å². The van der Waals surface area contributed by atoms with Crippen molar-refractivity contribution in [3.05, 3.63) is 0 Å². The average molecular weight is 829 g/mol. The van der Waals surface area contributed by atoms with Crippen LogP contribution in [0.2, 0.25) is 0 Å². The zero-order chi connectivity index (χ0) is 41.1. The maximum absolute atomic E-state index is 11.4. The quantitative estimate of drug-likeness (QED) is 0.0458. The molecule has 19 heteroatoms. The Morgan fingerprint density at radius 3 is 1.72 bits per heavy atom. The van der Waals surface area contributed by atoms with E-state index in [4.69, 9.17) is 42.6 Å². The van der Waals surface area contributed by atoms with Gasteiger partial charge in [-0.2, -0.15) is 0 Å². The highest BCUT2D eigenvalue weighted by Crippen LogP contribution is 2.37. The molecular formula is C38H68O19. The standard InChI is InChI=1S/C38H68O19/c1-2-3-4-5-6-7-8-9-10-11-12-13-14-49-17-20(41)31-32(21(42)18-50-31)55-37-29(47)34(26(44)23(16-40)53-37)57-38-30(48)35-33(24(54-38)19-51-35)56-36-28(46)27(45)25(43)22(15-39)52-36/h20-48H,2-19H2,1H3/t20-,21+,22+,23+,24-,25-,26-,27-,28+,29+,30-,31+,32-,33+,34-,35-,36-,37-,38-/m0/s1. The van der Waals surface area contributed by atoms with Crippen LogP contribution in [0, 0.1) is 0 Å². The molecule has 2 bridgehead atoms. The summed E-state index contributed by atoms with van der Waals surface area (Å²) in [7, 11) is 0. The van der Waals surface area contributed by atoms with Gasteiger partial charge in [0.25, 0.3) is 0 Å². The van der Waals surface area contributed by atoms with Crippen LogP contribution in [-0.4, -0.2) is 207 Å². The van der Waals surface area contributed by atoms with Gasteiger partial charge in [0.15, 0.2) is 18.9 Å². The topological polar surface area (TPSA) is 285 Å². The molecule has 0 aromatic rings. The highest BCUT2D eigenvalue weighted by atomic mass is 16.8. The lowest BCUT2D eigenvalue weighted by atomic mass is 9.97. The Morgan fingerprint density at radius 2 is 1.09 bits per heavy atom. The van der Waals surface area contributed by atoms with Crippen LogP contribution in [0.1, 0.15) is 84.0 Å². The molecule has 57 heavy (non-hydrogen) atoms. The van der Waals surface area contributed by atoms with Crippen molar-refractivity contribution < 1.29 is 93.7 Å². The average Bonchev–Trinajstić information content (AvgIpc) is 3.73. The third-order valence-electron chi connectivity index (χ3n) is 11.6. The van der Waals surface area contributed by atoms with Crippen LogP contribution in [0.4, 0.5) is 0 Å². The Labute approximate surface area is 333 Å². The number of unbranched alkanes of at least 4 members (excludes halogenated alkanes) is 11. The Morgan fingerprint density at radius 1 is 0.544 bits per heavy atom. The summed E-state index contributed by atoms with van der Waals surface area (Å²) < 4.78 is 51.7. The van der Waals surface area contributed by atoms with Gasteiger partial charge in [0.1, 0.15) is 97.7 Å². The molecule has 19 atom stereocenters. The molecule has 0 aromatic heterocycles. The maximum Gasteiger partial charge on any atom is 0.187 e. The van der Waals surface area contributed by atoms with Gasteiger partial charge in [-0.25, -0.2) is 0 Å². The summed E-state index contributed by atoms with van der Waals surface area (Å²) in [5.41, 5.74) is 0. The van der Waals surface area contributed by atoms with E-state index < -0.39 is 130 Å². The molecule has 19 nitrogen and oxygen atoms in total. The predicted molar refractivity (Wildman–Crippen MR) is 194 cm³/mol. The van der Waals surface area contributed by atoms with Crippen LogP contribution in [0.5, 0.6) is 0 Å². The van der Waals surface area contributed by atoms with Crippen molar-refractivity contribution in [2.24, 2.45) is 0 Å². The van der Waals surface area contributed by atoms with Crippen LogP contribution < -0.4 is 0 Å². The fourth-order valence-electron chi connectivity index (χ4n) is 8.13. The highest BCUT2D eigenvalue weighted by molar-refractivity contribution is 5.00. The Kier molecular flexibility index (Phi) is 19.5. The first-order chi connectivity index (χ1) is 27.5. The number of hydrogen-bond acceptors (Lipinski definition) is 19. The molecule has 0 spiro atoms. The minimum absolute atomic E-state index is 0.0878. The van der Waals surface area contributed by atoms with Gasteiger partial charge in [0.2, 0.25) is 0 Å². The molecule has 0 aromatic carbocycles. The summed E-state index contributed by atoms with van der Waals surface area (Å²) in [5, 5.41) is 105. The van der Waals surface area contributed by atoms with Gasteiger partial charge in [-0.3, -0.25) is 0 Å². The molecule has 5 fully saturated rings. The summed E-state index contributed by atoms with van der Waals surface area (Å²) in [6.07, 6.45) is -12.2. The highest BCUT2D eigenvalue weighted by Gasteiger charge is 2.57. The van der Waals surface area contributed by atoms with E-state index >= 15 is 0 Å².